The molecule has 3 N–H and O–H groups in total. The summed E-state index contributed by atoms with van der Waals surface area (Å²) in [6.45, 7) is 0. The van der Waals surface area contributed by atoms with E-state index in [-0.39, 0.29) is 10.9 Å². The van der Waals surface area contributed by atoms with E-state index in [2.05, 4.69) is 10.2 Å². The second-order valence-corrected chi connectivity index (χ2v) is 3.40. The Labute approximate surface area is 91.3 Å². The largest absolute Gasteiger partial charge is 0.508 e. The number of halogens is 1. The molecule has 0 fully saturated rings. The van der Waals surface area contributed by atoms with Gasteiger partial charge in [-0.25, -0.2) is 0 Å². The fourth-order valence-corrected chi connectivity index (χ4v) is 1.40. The Morgan fingerprint density at radius 1 is 1.13 bits per heavy atom. The number of phenolic OH excluding ortho intramolecular Hbond substituents is 1. The van der Waals surface area contributed by atoms with Crippen LogP contribution in [-0.2, 0) is 0 Å². The molecule has 0 radical (unpaired) electrons. The summed E-state index contributed by atoms with van der Waals surface area (Å²) in [7, 11) is 0. The molecular formula is C10H8ClN3O. The van der Waals surface area contributed by atoms with E-state index < -0.39 is 0 Å². The van der Waals surface area contributed by atoms with Gasteiger partial charge in [0.25, 0.3) is 0 Å². The highest BCUT2D eigenvalue weighted by Gasteiger charge is 2.05. The average Bonchev–Trinajstić information content (AvgIpc) is 2.23. The lowest BCUT2D eigenvalue weighted by molar-refractivity contribution is 0.475. The molecule has 15 heavy (non-hydrogen) atoms. The van der Waals surface area contributed by atoms with Gasteiger partial charge in [0.05, 0.1) is 0 Å². The molecule has 4 nitrogen and oxygen atoms in total. The molecule has 0 aliphatic rings. The molecular weight excluding hydrogens is 214 g/mol. The first-order valence-electron chi connectivity index (χ1n) is 4.25. The highest BCUT2D eigenvalue weighted by atomic mass is 35.5. The summed E-state index contributed by atoms with van der Waals surface area (Å²) in [5, 5.41) is 16.8. The number of aromatic nitrogens is 2. The van der Waals surface area contributed by atoms with Gasteiger partial charge in [0, 0.05) is 5.56 Å². The molecule has 0 saturated carbocycles. The molecule has 0 atom stereocenters. The summed E-state index contributed by atoms with van der Waals surface area (Å²) < 4.78 is 0. The molecule has 2 aromatic rings. The van der Waals surface area contributed by atoms with Crippen molar-refractivity contribution in [2.45, 2.75) is 0 Å². The van der Waals surface area contributed by atoms with Crippen LogP contribution in [0, 0.1) is 0 Å². The first kappa shape index (κ1) is 9.73. The van der Waals surface area contributed by atoms with Crippen molar-refractivity contribution in [1.29, 1.82) is 0 Å². The highest BCUT2D eigenvalue weighted by Crippen LogP contribution is 2.26. The van der Waals surface area contributed by atoms with Crippen molar-refractivity contribution in [3.05, 3.63) is 35.5 Å². The van der Waals surface area contributed by atoms with Crippen molar-refractivity contribution in [2.24, 2.45) is 0 Å². The van der Waals surface area contributed by atoms with Gasteiger partial charge < -0.3 is 10.8 Å². The van der Waals surface area contributed by atoms with E-state index in [4.69, 9.17) is 22.4 Å². The van der Waals surface area contributed by atoms with Crippen molar-refractivity contribution < 1.29 is 5.11 Å². The summed E-state index contributed by atoms with van der Waals surface area (Å²) in [6.07, 6.45) is 0. The van der Waals surface area contributed by atoms with Crippen molar-refractivity contribution in [1.82, 2.24) is 10.2 Å². The van der Waals surface area contributed by atoms with E-state index in [1.165, 1.54) is 0 Å². The van der Waals surface area contributed by atoms with Crippen LogP contribution >= 0.6 is 11.6 Å². The smallest absolute Gasteiger partial charge is 0.154 e. The minimum atomic E-state index is 0.199. The molecule has 76 valence electrons. The maximum Gasteiger partial charge on any atom is 0.154 e. The second-order valence-electron chi connectivity index (χ2n) is 3.01. The van der Waals surface area contributed by atoms with E-state index in [0.29, 0.717) is 11.4 Å². The number of phenols is 1. The van der Waals surface area contributed by atoms with E-state index >= 15 is 0 Å². The zero-order valence-electron chi connectivity index (χ0n) is 7.68. The highest BCUT2D eigenvalue weighted by molar-refractivity contribution is 6.29. The normalized spacial score (nSPS) is 10.2. The summed E-state index contributed by atoms with van der Waals surface area (Å²) >= 11 is 5.72. The predicted octanol–water partition coefficient (Wildman–Crippen LogP) is 2.08. The van der Waals surface area contributed by atoms with Crippen LogP contribution in [0.15, 0.2) is 30.3 Å². The van der Waals surface area contributed by atoms with Gasteiger partial charge in [0.2, 0.25) is 0 Å². The van der Waals surface area contributed by atoms with E-state index in [1.54, 1.807) is 30.3 Å². The van der Waals surface area contributed by atoms with Gasteiger partial charge in [-0.3, -0.25) is 0 Å². The third kappa shape index (κ3) is 1.99. The van der Waals surface area contributed by atoms with Crippen LogP contribution in [0.1, 0.15) is 0 Å². The van der Waals surface area contributed by atoms with E-state index in [0.717, 1.165) is 5.56 Å². The zero-order valence-corrected chi connectivity index (χ0v) is 8.44. The lowest BCUT2D eigenvalue weighted by Gasteiger charge is -2.04. The summed E-state index contributed by atoms with van der Waals surface area (Å²) in [5.41, 5.74) is 7.20. The van der Waals surface area contributed by atoms with Crippen LogP contribution in [0.4, 0.5) is 5.82 Å². The fraction of sp³-hybridized carbons (Fsp3) is 0. The lowest BCUT2D eigenvalue weighted by Crippen LogP contribution is -1.96. The fourth-order valence-electron chi connectivity index (χ4n) is 1.25. The van der Waals surface area contributed by atoms with Crippen molar-refractivity contribution >= 4 is 17.4 Å². The predicted molar refractivity (Wildman–Crippen MR) is 58.6 cm³/mol. The maximum absolute atomic E-state index is 9.14. The minimum absolute atomic E-state index is 0.199. The first-order valence-corrected chi connectivity index (χ1v) is 4.63. The number of nitrogen functional groups attached to an aromatic ring is 1. The first-order chi connectivity index (χ1) is 7.16. The van der Waals surface area contributed by atoms with Gasteiger partial charge in [-0.15, -0.1) is 10.2 Å². The Morgan fingerprint density at radius 2 is 1.80 bits per heavy atom. The van der Waals surface area contributed by atoms with Gasteiger partial charge in [0.15, 0.2) is 11.0 Å². The maximum atomic E-state index is 9.14. The van der Waals surface area contributed by atoms with Crippen molar-refractivity contribution in [3.63, 3.8) is 0 Å². The summed E-state index contributed by atoms with van der Waals surface area (Å²) in [5.74, 6) is 0.510. The molecule has 0 aliphatic heterocycles. The Morgan fingerprint density at radius 3 is 2.47 bits per heavy atom. The number of anilines is 1. The number of hydrogen-bond donors (Lipinski definition) is 2. The Balaban J connectivity index is 2.53. The van der Waals surface area contributed by atoms with Crippen LogP contribution in [0.2, 0.25) is 5.15 Å². The Bertz CT molecular complexity index is 485. The Hall–Kier alpha value is -1.81. The molecule has 0 saturated heterocycles. The molecule has 5 heteroatoms. The van der Waals surface area contributed by atoms with Crippen LogP contribution in [0.3, 0.4) is 0 Å². The third-order valence-electron chi connectivity index (χ3n) is 1.97. The zero-order chi connectivity index (χ0) is 10.8. The summed E-state index contributed by atoms with van der Waals surface area (Å²) in [6, 6.07) is 8.25. The number of nitrogens with zero attached hydrogens (tertiary/aromatic N) is 2. The van der Waals surface area contributed by atoms with Crippen molar-refractivity contribution in [3.8, 4) is 16.9 Å². The van der Waals surface area contributed by atoms with Crippen LogP contribution in [0.5, 0.6) is 5.75 Å². The second kappa shape index (κ2) is 3.74. The van der Waals surface area contributed by atoms with Gasteiger partial charge >= 0.3 is 0 Å². The number of benzene rings is 1. The molecule has 0 aliphatic carbocycles. The molecule has 1 aromatic heterocycles. The third-order valence-corrected chi connectivity index (χ3v) is 2.16. The van der Waals surface area contributed by atoms with Crippen LogP contribution in [-0.4, -0.2) is 15.3 Å². The number of hydrogen-bond acceptors (Lipinski definition) is 4. The van der Waals surface area contributed by atoms with Crippen LogP contribution < -0.4 is 5.73 Å². The minimum Gasteiger partial charge on any atom is -0.508 e. The van der Waals surface area contributed by atoms with Gasteiger partial charge in [0.1, 0.15) is 5.75 Å². The van der Waals surface area contributed by atoms with Gasteiger partial charge in [-0.1, -0.05) is 23.7 Å². The Kier molecular flexibility index (Phi) is 2.43. The molecule has 0 unspecified atom stereocenters. The SMILES string of the molecule is Nc1nnc(Cl)cc1-c1ccc(O)cc1. The molecule has 0 bridgehead atoms. The van der Waals surface area contributed by atoms with E-state index in [9.17, 15) is 0 Å². The quantitative estimate of drug-likeness (QED) is 0.774. The molecule has 0 amide bonds. The molecule has 1 aromatic carbocycles. The van der Waals surface area contributed by atoms with Gasteiger partial charge in [-0.2, -0.15) is 0 Å². The number of aromatic hydroxyl groups is 1. The van der Waals surface area contributed by atoms with E-state index in [1.807, 2.05) is 0 Å². The average molecular weight is 222 g/mol. The van der Waals surface area contributed by atoms with Crippen LogP contribution in [0.25, 0.3) is 11.1 Å². The monoisotopic (exact) mass is 221 g/mol. The lowest BCUT2D eigenvalue weighted by atomic mass is 10.1. The number of nitrogens with two attached hydrogens (primary N) is 1. The number of rotatable bonds is 1. The molecule has 2 rings (SSSR count). The molecule has 0 spiro atoms. The molecule has 1 heterocycles. The van der Waals surface area contributed by atoms with Gasteiger partial charge in [-0.05, 0) is 23.8 Å². The standard InChI is InChI=1S/C10H8ClN3O/c11-9-5-8(10(12)14-13-9)6-1-3-7(15)4-2-6/h1-5,15H,(H2,12,14). The topological polar surface area (TPSA) is 72.0 Å². The van der Waals surface area contributed by atoms with Crippen molar-refractivity contribution in [2.75, 3.05) is 5.73 Å². The summed E-state index contributed by atoms with van der Waals surface area (Å²) in [4.78, 5) is 0.